The van der Waals surface area contributed by atoms with Gasteiger partial charge in [-0.05, 0) is 46.6 Å². The van der Waals surface area contributed by atoms with E-state index in [1.807, 2.05) is 25.1 Å². The van der Waals surface area contributed by atoms with Crippen LogP contribution in [0.2, 0.25) is 0 Å². The van der Waals surface area contributed by atoms with E-state index in [4.69, 9.17) is 4.74 Å². The average Bonchev–Trinajstić information content (AvgIpc) is 2.40. The summed E-state index contributed by atoms with van der Waals surface area (Å²) in [5.74, 6) is -0.425. The van der Waals surface area contributed by atoms with Crippen LogP contribution in [-0.4, -0.2) is 6.61 Å². The van der Waals surface area contributed by atoms with Crippen molar-refractivity contribution in [3.05, 3.63) is 63.6 Å². The van der Waals surface area contributed by atoms with Crippen LogP contribution in [0, 0.1) is 11.6 Å². The van der Waals surface area contributed by atoms with Crippen molar-refractivity contribution in [1.82, 2.24) is 0 Å². The average molecular weight is 406 g/mol. The maximum absolute atomic E-state index is 13.8. The van der Waals surface area contributed by atoms with Gasteiger partial charge in [0.1, 0.15) is 17.4 Å². The topological polar surface area (TPSA) is 9.23 Å². The van der Waals surface area contributed by atoms with Crippen LogP contribution in [0.5, 0.6) is 5.75 Å². The molecule has 0 bridgehead atoms. The molecule has 2 rings (SSSR count). The van der Waals surface area contributed by atoms with Crippen molar-refractivity contribution in [2.24, 2.45) is 0 Å². The van der Waals surface area contributed by atoms with Gasteiger partial charge in [-0.15, -0.1) is 0 Å². The van der Waals surface area contributed by atoms with E-state index in [2.05, 4.69) is 31.9 Å². The number of halogens is 4. The highest BCUT2D eigenvalue weighted by Gasteiger charge is 2.16. The molecule has 0 radical (unpaired) electrons. The summed E-state index contributed by atoms with van der Waals surface area (Å²) < 4.78 is 32.9. The zero-order chi connectivity index (χ0) is 14.7. The largest absolute Gasteiger partial charge is 0.493 e. The molecule has 1 unspecified atom stereocenters. The van der Waals surface area contributed by atoms with Gasteiger partial charge in [-0.1, -0.05) is 28.1 Å². The molecule has 0 saturated heterocycles. The van der Waals surface area contributed by atoms with Crippen molar-refractivity contribution in [2.75, 3.05) is 6.61 Å². The highest BCUT2D eigenvalue weighted by Crippen LogP contribution is 2.36. The van der Waals surface area contributed by atoms with Gasteiger partial charge >= 0.3 is 0 Å². The molecule has 0 amide bonds. The quantitative estimate of drug-likeness (QED) is 0.600. The lowest BCUT2D eigenvalue weighted by molar-refractivity contribution is 0.338. The number of hydrogen-bond donors (Lipinski definition) is 0. The molecule has 0 spiro atoms. The van der Waals surface area contributed by atoms with E-state index in [0.717, 1.165) is 21.9 Å². The summed E-state index contributed by atoms with van der Waals surface area (Å²) in [6, 6.07) is 9.09. The number of hydrogen-bond acceptors (Lipinski definition) is 1. The van der Waals surface area contributed by atoms with Crippen molar-refractivity contribution >= 4 is 31.9 Å². The molecule has 1 nitrogen and oxygen atoms in total. The Balaban J connectivity index is 2.33. The summed E-state index contributed by atoms with van der Waals surface area (Å²) in [7, 11) is 0. The Kier molecular flexibility index (Phi) is 5.16. The Morgan fingerprint density at radius 2 is 1.90 bits per heavy atom. The molecule has 0 aliphatic heterocycles. The summed E-state index contributed by atoms with van der Waals surface area (Å²) in [4.78, 5) is -0.352. The zero-order valence-corrected chi connectivity index (χ0v) is 13.8. The number of ether oxygens (including phenoxy) is 1. The molecule has 2 aromatic carbocycles. The van der Waals surface area contributed by atoms with E-state index < -0.39 is 11.6 Å². The normalized spacial score (nSPS) is 12.2. The Morgan fingerprint density at radius 1 is 1.15 bits per heavy atom. The van der Waals surface area contributed by atoms with E-state index in [0.29, 0.717) is 12.2 Å². The molecule has 0 heterocycles. The van der Waals surface area contributed by atoms with Crippen LogP contribution in [-0.2, 0) is 0 Å². The molecule has 2 aromatic rings. The van der Waals surface area contributed by atoms with Crippen molar-refractivity contribution in [2.45, 2.75) is 11.8 Å². The van der Waals surface area contributed by atoms with Crippen LogP contribution in [0.4, 0.5) is 8.78 Å². The van der Waals surface area contributed by atoms with Crippen LogP contribution >= 0.6 is 31.9 Å². The second-order valence-electron chi connectivity index (χ2n) is 4.15. The predicted molar refractivity (Wildman–Crippen MR) is 82.4 cm³/mol. The third-order valence-electron chi connectivity index (χ3n) is 2.78. The third-order valence-corrected chi connectivity index (χ3v) is 4.43. The molecule has 0 aliphatic carbocycles. The molecule has 5 heteroatoms. The molecule has 1 atom stereocenters. The van der Waals surface area contributed by atoms with Crippen molar-refractivity contribution in [3.8, 4) is 5.75 Å². The first-order valence-electron chi connectivity index (χ1n) is 6.04. The Hall–Kier alpha value is -0.940. The smallest absolute Gasteiger partial charge is 0.133 e. The van der Waals surface area contributed by atoms with Crippen molar-refractivity contribution in [1.29, 1.82) is 0 Å². The Morgan fingerprint density at radius 3 is 2.50 bits per heavy atom. The van der Waals surface area contributed by atoms with Gasteiger partial charge in [-0.2, -0.15) is 0 Å². The minimum atomic E-state index is -0.584. The fourth-order valence-electron chi connectivity index (χ4n) is 1.83. The molecule has 20 heavy (non-hydrogen) atoms. The van der Waals surface area contributed by atoms with Gasteiger partial charge in [-0.3, -0.25) is 0 Å². The lowest BCUT2D eigenvalue weighted by atomic mass is 10.0. The second-order valence-corrected chi connectivity index (χ2v) is 5.92. The van der Waals surface area contributed by atoms with E-state index >= 15 is 0 Å². The summed E-state index contributed by atoms with van der Waals surface area (Å²) >= 11 is 6.86. The van der Waals surface area contributed by atoms with E-state index in [1.165, 1.54) is 12.1 Å². The van der Waals surface area contributed by atoms with Crippen LogP contribution in [0.15, 0.2) is 40.9 Å². The summed E-state index contributed by atoms with van der Waals surface area (Å²) in [5.41, 5.74) is 1.24. The Labute approximate surface area is 133 Å². The van der Waals surface area contributed by atoms with Gasteiger partial charge in [0, 0.05) is 11.6 Å². The molecule has 0 N–H and O–H groups in total. The van der Waals surface area contributed by atoms with E-state index in [-0.39, 0.29) is 4.83 Å². The molecule has 0 aromatic heterocycles. The monoisotopic (exact) mass is 404 g/mol. The first kappa shape index (κ1) is 15.4. The van der Waals surface area contributed by atoms with Gasteiger partial charge in [-0.25, -0.2) is 8.78 Å². The molecule has 0 saturated carbocycles. The maximum atomic E-state index is 13.8. The van der Waals surface area contributed by atoms with E-state index in [9.17, 15) is 8.78 Å². The van der Waals surface area contributed by atoms with Crippen LogP contribution in [0.25, 0.3) is 0 Å². The van der Waals surface area contributed by atoms with Gasteiger partial charge < -0.3 is 4.74 Å². The maximum Gasteiger partial charge on any atom is 0.133 e. The van der Waals surface area contributed by atoms with Gasteiger partial charge in [0.25, 0.3) is 0 Å². The number of alkyl halides is 1. The third kappa shape index (κ3) is 3.38. The highest BCUT2D eigenvalue weighted by molar-refractivity contribution is 9.10. The molecule has 106 valence electrons. The standard InChI is InChI=1S/C15H12Br2F2O/c1-2-20-14-6-3-9(7-12(14)16)15(17)11-5-4-10(18)8-13(11)19/h3-8,15H,2H2,1H3. The fraction of sp³-hybridized carbons (Fsp3) is 0.200. The molecule has 0 aliphatic rings. The first-order chi connectivity index (χ1) is 9.52. The minimum absolute atomic E-state index is 0.352. The first-order valence-corrected chi connectivity index (χ1v) is 7.75. The van der Waals surface area contributed by atoms with Gasteiger partial charge in [0.05, 0.1) is 15.9 Å². The lowest BCUT2D eigenvalue weighted by Crippen LogP contribution is -1.99. The summed E-state index contributed by atoms with van der Waals surface area (Å²) in [6.07, 6.45) is 0. The molecular formula is C15H12Br2F2O. The summed E-state index contributed by atoms with van der Waals surface area (Å²) in [5, 5.41) is 0. The van der Waals surface area contributed by atoms with Gasteiger partial charge in [0.2, 0.25) is 0 Å². The zero-order valence-electron chi connectivity index (χ0n) is 10.7. The molecular weight excluding hydrogens is 394 g/mol. The highest BCUT2D eigenvalue weighted by atomic mass is 79.9. The van der Waals surface area contributed by atoms with Gasteiger partial charge in [0.15, 0.2) is 0 Å². The van der Waals surface area contributed by atoms with Crippen molar-refractivity contribution in [3.63, 3.8) is 0 Å². The minimum Gasteiger partial charge on any atom is -0.493 e. The number of benzene rings is 2. The predicted octanol–water partition coefficient (Wildman–Crippen LogP) is 5.61. The fourth-order valence-corrected chi connectivity index (χ4v) is 3.00. The van der Waals surface area contributed by atoms with Crippen LogP contribution in [0.3, 0.4) is 0 Å². The number of rotatable bonds is 4. The van der Waals surface area contributed by atoms with Crippen LogP contribution in [0.1, 0.15) is 22.9 Å². The summed E-state index contributed by atoms with van der Waals surface area (Å²) in [6.45, 7) is 2.48. The lowest BCUT2D eigenvalue weighted by Gasteiger charge is -2.14. The Bertz CT molecular complexity index is 617. The van der Waals surface area contributed by atoms with E-state index in [1.54, 1.807) is 0 Å². The SMILES string of the molecule is CCOc1ccc(C(Br)c2ccc(F)cc2F)cc1Br. The van der Waals surface area contributed by atoms with Crippen LogP contribution < -0.4 is 4.74 Å². The second kappa shape index (κ2) is 6.68. The molecule has 0 fully saturated rings. The van der Waals surface area contributed by atoms with Crippen molar-refractivity contribution < 1.29 is 13.5 Å².